The molecule has 1 amide bonds. The Morgan fingerprint density at radius 3 is 2.48 bits per heavy atom. The zero-order valence-corrected chi connectivity index (χ0v) is 14.9. The molecule has 3 N–H and O–H groups in total. The van der Waals surface area contributed by atoms with Gasteiger partial charge in [-0.15, -0.1) is 0 Å². The quantitative estimate of drug-likeness (QED) is 0.363. The third-order valence-corrected chi connectivity index (χ3v) is 4.06. The summed E-state index contributed by atoms with van der Waals surface area (Å²) in [5.41, 5.74) is 0.568. The van der Waals surface area contributed by atoms with E-state index < -0.39 is 17.0 Å². The van der Waals surface area contributed by atoms with Crippen molar-refractivity contribution in [2.24, 2.45) is 0 Å². The minimum Gasteiger partial charge on any atom is -0.491 e. The minimum atomic E-state index is -1.74. The molecule has 0 bridgehead atoms. The predicted molar refractivity (Wildman–Crippen MR) is 96.2 cm³/mol. The number of carbonyl (C=O) groups excluding carboxylic acids is 1. The summed E-state index contributed by atoms with van der Waals surface area (Å²) in [6.45, 7) is 0.269. The van der Waals surface area contributed by atoms with Crippen molar-refractivity contribution < 1.29 is 28.2 Å². The summed E-state index contributed by atoms with van der Waals surface area (Å²) in [7, 11) is 0. The Balaban J connectivity index is 2.31. The van der Waals surface area contributed by atoms with Gasteiger partial charge in [0.25, 0.3) is 0 Å². The molecule has 0 aromatic heterocycles. The van der Waals surface area contributed by atoms with E-state index in [-0.39, 0.29) is 24.7 Å². The number of hydrogen-bond donors (Lipinski definition) is 3. The van der Waals surface area contributed by atoms with Crippen molar-refractivity contribution in [3.63, 3.8) is 0 Å². The van der Waals surface area contributed by atoms with Crippen LogP contribution in [-0.4, -0.2) is 38.1 Å². The number of benzene rings is 1. The Morgan fingerprint density at radius 2 is 1.76 bits per heavy atom. The molecule has 1 aromatic rings. The highest BCUT2D eigenvalue weighted by atomic mass is 32.2. The van der Waals surface area contributed by atoms with Crippen LogP contribution in [0.1, 0.15) is 44.9 Å². The number of anilines is 1. The number of nitrogens with one attached hydrogen (secondary N) is 1. The summed E-state index contributed by atoms with van der Waals surface area (Å²) >= 11 is -1.74. The molecular weight excluding hydrogens is 346 g/mol. The monoisotopic (exact) mass is 371 g/mol. The Labute approximate surface area is 150 Å². The highest BCUT2D eigenvalue weighted by Crippen LogP contribution is 2.24. The number of rotatable bonds is 13. The van der Waals surface area contributed by atoms with Crippen LogP contribution >= 0.6 is 0 Å². The first kappa shape index (κ1) is 21.1. The summed E-state index contributed by atoms with van der Waals surface area (Å²) in [5, 5.41) is 11.4. The molecule has 7 nitrogen and oxygen atoms in total. The zero-order valence-electron chi connectivity index (χ0n) is 14.1. The number of ether oxygens (including phenoxy) is 1. The molecule has 0 aliphatic rings. The third kappa shape index (κ3) is 10.5. The summed E-state index contributed by atoms with van der Waals surface area (Å²) < 4.78 is 24.7. The molecule has 0 saturated carbocycles. The fourth-order valence-corrected chi connectivity index (χ4v) is 2.63. The lowest BCUT2D eigenvalue weighted by molar-refractivity contribution is -0.137. The number of para-hydroxylation sites is 2. The van der Waals surface area contributed by atoms with Gasteiger partial charge in [-0.2, -0.15) is 0 Å². The first-order chi connectivity index (χ1) is 12.0. The zero-order chi connectivity index (χ0) is 18.5. The molecule has 0 aliphatic heterocycles. The van der Waals surface area contributed by atoms with Gasteiger partial charge in [0.05, 0.1) is 12.3 Å². The van der Waals surface area contributed by atoms with Crippen molar-refractivity contribution in [3.8, 4) is 5.75 Å². The average Bonchev–Trinajstić information content (AvgIpc) is 2.55. The molecule has 8 heteroatoms. The standard InChI is InChI=1S/C17H25NO6S/c19-16(10-3-1-2-6-13-25(22)23)18-14-8-4-5-9-15(14)24-12-7-11-17(20)21/h4-5,8-9H,1-3,6-7,10-13H2,(H,18,19)(H,20,21)(H,22,23). The molecule has 0 fully saturated rings. The van der Waals surface area contributed by atoms with E-state index in [0.717, 1.165) is 12.8 Å². The van der Waals surface area contributed by atoms with E-state index in [9.17, 15) is 13.8 Å². The molecule has 0 spiro atoms. The van der Waals surface area contributed by atoms with E-state index in [1.54, 1.807) is 24.3 Å². The van der Waals surface area contributed by atoms with Crippen molar-refractivity contribution in [2.45, 2.75) is 44.9 Å². The van der Waals surface area contributed by atoms with Crippen LogP contribution in [0.15, 0.2) is 24.3 Å². The van der Waals surface area contributed by atoms with Crippen LogP contribution in [0.25, 0.3) is 0 Å². The molecule has 1 rings (SSSR count). The van der Waals surface area contributed by atoms with Gasteiger partial charge in [-0.3, -0.25) is 9.59 Å². The summed E-state index contributed by atoms with van der Waals surface area (Å²) in [5.74, 6) is -0.187. The molecule has 0 heterocycles. The SMILES string of the molecule is O=C(O)CCCOc1ccccc1NC(=O)CCCCCCS(=O)O. The Kier molecular flexibility index (Phi) is 10.5. The minimum absolute atomic E-state index is 0.0401. The van der Waals surface area contributed by atoms with Gasteiger partial charge < -0.3 is 19.7 Å². The van der Waals surface area contributed by atoms with E-state index in [2.05, 4.69) is 5.32 Å². The highest BCUT2D eigenvalue weighted by Gasteiger charge is 2.08. The lowest BCUT2D eigenvalue weighted by Crippen LogP contribution is -2.12. The Morgan fingerprint density at radius 1 is 1.04 bits per heavy atom. The van der Waals surface area contributed by atoms with Gasteiger partial charge in [0.15, 0.2) is 11.1 Å². The Bertz CT molecular complexity index is 578. The van der Waals surface area contributed by atoms with E-state index in [1.165, 1.54) is 0 Å². The largest absolute Gasteiger partial charge is 0.491 e. The maximum Gasteiger partial charge on any atom is 0.303 e. The molecule has 0 radical (unpaired) electrons. The fourth-order valence-electron chi connectivity index (χ4n) is 2.18. The number of amides is 1. The van der Waals surface area contributed by atoms with Crippen molar-refractivity contribution in [1.29, 1.82) is 0 Å². The molecule has 1 unspecified atom stereocenters. The third-order valence-electron chi connectivity index (χ3n) is 3.43. The van der Waals surface area contributed by atoms with Gasteiger partial charge in [-0.05, 0) is 31.4 Å². The van der Waals surface area contributed by atoms with Crippen molar-refractivity contribution in [1.82, 2.24) is 0 Å². The van der Waals surface area contributed by atoms with E-state index in [4.69, 9.17) is 14.4 Å². The van der Waals surface area contributed by atoms with Gasteiger partial charge >= 0.3 is 5.97 Å². The fraction of sp³-hybridized carbons (Fsp3) is 0.529. The van der Waals surface area contributed by atoms with Crippen molar-refractivity contribution in [3.05, 3.63) is 24.3 Å². The van der Waals surface area contributed by atoms with E-state index in [0.29, 0.717) is 37.1 Å². The van der Waals surface area contributed by atoms with Gasteiger partial charge in [-0.25, -0.2) is 4.21 Å². The molecule has 1 atom stereocenters. The van der Waals surface area contributed by atoms with Crippen LogP contribution in [0.5, 0.6) is 5.75 Å². The second-order valence-electron chi connectivity index (χ2n) is 5.58. The first-order valence-corrected chi connectivity index (χ1v) is 9.57. The summed E-state index contributed by atoms with van der Waals surface area (Å²) in [6, 6.07) is 7.04. The van der Waals surface area contributed by atoms with Crippen LogP contribution in [0, 0.1) is 0 Å². The van der Waals surface area contributed by atoms with Crippen molar-refractivity contribution in [2.75, 3.05) is 17.7 Å². The average molecular weight is 371 g/mol. The van der Waals surface area contributed by atoms with Gasteiger partial charge in [-0.1, -0.05) is 25.0 Å². The van der Waals surface area contributed by atoms with Crippen LogP contribution < -0.4 is 10.1 Å². The summed E-state index contributed by atoms with van der Waals surface area (Å²) in [6.07, 6.45) is 3.86. The molecule has 0 saturated heterocycles. The maximum atomic E-state index is 12.0. The molecule has 1 aromatic carbocycles. The molecule has 140 valence electrons. The van der Waals surface area contributed by atoms with Gasteiger partial charge in [0, 0.05) is 18.6 Å². The first-order valence-electron chi connectivity index (χ1n) is 8.30. The number of hydrogen-bond acceptors (Lipinski definition) is 4. The topological polar surface area (TPSA) is 113 Å². The number of carboxylic acid groups (broad SMARTS) is 1. The maximum absolute atomic E-state index is 12.0. The molecular formula is C17H25NO6S. The predicted octanol–water partition coefficient (Wildman–Crippen LogP) is 3.04. The van der Waals surface area contributed by atoms with Gasteiger partial charge in [0.1, 0.15) is 5.75 Å². The lowest BCUT2D eigenvalue weighted by atomic mass is 10.1. The second-order valence-corrected chi connectivity index (χ2v) is 6.63. The van der Waals surface area contributed by atoms with Crippen LogP contribution in [0.3, 0.4) is 0 Å². The van der Waals surface area contributed by atoms with E-state index >= 15 is 0 Å². The highest BCUT2D eigenvalue weighted by molar-refractivity contribution is 7.79. The van der Waals surface area contributed by atoms with Crippen molar-refractivity contribution >= 4 is 28.6 Å². The van der Waals surface area contributed by atoms with Crippen LogP contribution in [0.2, 0.25) is 0 Å². The van der Waals surface area contributed by atoms with Gasteiger partial charge in [0.2, 0.25) is 5.91 Å². The smallest absolute Gasteiger partial charge is 0.303 e. The summed E-state index contributed by atoms with van der Waals surface area (Å²) in [4.78, 5) is 22.5. The Hall–Kier alpha value is -1.93. The molecule has 25 heavy (non-hydrogen) atoms. The van der Waals surface area contributed by atoms with Crippen LogP contribution in [-0.2, 0) is 20.7 Å². The van der Waals surface area contributed by atoms with E-state index in [1.807, 2.05) is 0 Å². The number of aliphatic carboxylic acids is 1. The molecule has 0 aliphatic carbocycles. The lowest BCUT2D eigenvalue weighted by Gasteiger charge is -2.12. The van der Waals surface area contributed by atoms with Crippen LogP contribution in [0.4, 0.5) is 5.69 Å². The second kappa shape index (κ2) is 12.4. The number of carboxylic acids is 1. The number of carbonyl (C=O) groups is 2. The normalized spacial score (nSPS) is 11.7. The number of unbranched alkanes of at least 4 members (excludes halogenated alkanes) is 3.